The van der Waals surface area contributed by atoms with Gasteiger partial charge in [0.05, 0.1) is 12.8 Å². The van der Waals surface area contributed by atoms with Crippen LogP contribution in [-0.4, -0.2) is 27.0 Å². The van der Waals surface area contributed by atoms with Crippen molar-refractivity contribution >= 4 is 35.4 Å². The maximum absolute atomic E-state index is 10.3. The highest BCUT2D eigenvalue weighted by molar-refractivity contribution is 6.35. The summed E-state index contributed by atoms with van der Waals surface area (Å²) in [5.41, 5.74) is 10.7. The van der Waals surface area contributed by atoms with Gasteiger partial charge in [0.1, 0.15) is 10.8 Å². The molecule has 0 unspecified atom stereocenters. The quantitative estimate of drug-likeness (QED) is 0.268. The Balaban J connectivity index is 1.90. The van der Waals surface area contributed by atoms with Crippen LogP contribution >= 0.6 is 23.2 Å². The van der Waals surface area contributed by atoms with E-state index in [0.717, 1.165) is 11.1 Å². The number of benzene rings is 2. The van der Waals surface area contributed by atoms with Gasteiger partial charge in [-0.25, -0.2) is 15.5 Å². The van der Waals surface area contributed by atoms with E-state index in [0.29, 0.717) is 27.8 Å². The molecule has 0 radical (unpaired) electrons. The lowest BCUT2D eigenvalue weighted by Crippen LogP contribution is -2.28. The average molecular weight is 432 g/mol. The van der Waals surface area contributed by atoms with Crippen LogP contribution in [0.25, 0.3) is 11.3 Å². The highest BCUT2D eigenvalue weighted by atomic mass is 35.5. The van der Waals surface area contributed by atoms with E-state index in [1.165, 1.54) is 6.21 Å². The van der Waals surface area contributed by atoms with Crippen molar-refractivity contribution in [3.8, 4) is 11.3 Å². The average Bonchev–Trinajstić information content (AvgIpc) is 3.07. The Bertz CT molecular complexity index is 1080. The molecule has 0 bridgehead atoms. The third kappa shape index (κ3) is 5.53. The fraction of sp³-hybridized carbons (Fsp3) is 0.0556. The molecule has 0 aliphatic heterocycles. The van der Waals surface area contributed by atoms with Gasteiger partial charge in [0, 0.05) is 27.4 Å². The maximum Gasteiger partial charge on any atom is 0.286 e. The van der Waals surface area contributed by atoms with Crippen molar-refractivity contribution in [1.82, 2.24) is 15.2 Å². The molecule has 0 saturated carbocycles. The number of hydrogen-bond acceptors (Lipinski definition) is 4. The van der Waals surface area contributed by atoms with E-state index < -0.39 is 11.0 Å². The van der Waals surface area contributed by atoms with Gasteiger partial charge >= 0.3 is 0 Å². The minimum absolute atomic E-state index is 0.419. The Morgan fingerprint density at radius 3 is 2.72 bits per heavy atom. The number of halogens is 2. The van der Waals surface area contributed by atoms with Crippen molar-refractivity contribution < 1.29 is 5.03 Å². The summed E-state index contributed by atoms with van der Waals surface area (Å²) < 4.78 is 1.72. The molecule has 1 heterocycles. The molecular formula is C18H15Cl2N7O2. The number of hydrogen-bond donors (Lipinski definition) is 2. The number of nitrogens with zero attached hydrogens (tertiary/aromatic N) is 5. The first-order chi connectivity index (χ1) is 13.9. The summed E-state index contributed by atoms with van der Waals surface area (Å²) >= 11 is 12.2. The van der Waals surface area contributed by atoms with Crippen molar-refractivity contribution in [2.24, 2.45) is 15.9 Å². The van der Waals surface area contributed by atoms with Crippen LogP contribution in [0, 0.1) is 10.1 Å². The van der Waals surface area contributed by atoms with Crippen LogP contribution in [0.2, 0.25) is 10.0 Å². The lowest BCUT2D eigenvalue weighted by atomic mass is 10.1. The van der Waals surface area contributed by atoms with Gasteiger partial charge in [-0.05, 0) is 17.7 Å². The van der Waals surface area contributed by atoms with Crippen LogP contribution in [0.5, 0.6) is 0 Å². The summed E-state index contributed by atoms with van der Waals surface area (Å²) in [6, 6.07) is 14.8. The minimum Gasteiger partial charge on any atom is -0.363 e. The molecule has 0 spiro atoms. The molecule has 0 amide bonds. The predicted octanol–water partition coefficient (Wildman–Crippen LogP) is 3.34. The Labute approximate surface area is 175 Å². The molecule has 0 aliphatic carbocycles. The smallest absolute Gasteiger partial charge is 0.286 e. The van der Waals surface area contributed by atoms with E-state index >= 15 is 0 Å². The monoisotopic (exact) mass is 431 g/mol. The largest absolute Gasteiger partial charge is 0.363 e. The molecule has 9 nitrogen and oxygen atoms in total. The molecule has 29 heavy (non-hydrogen) atoms. The van der Waals surface area contributed by atoms with Crippen LogP contribution in [0.15, 0.2) is 64.9 Å². The predicted molar refractivity (Wildman–Crippen MR) is 113 cm³/mol. The van der Waals surface area contributed by atoms with Crippen molar-refractivity contribution in [2.75, 3.05) is 0 Å². The van der Waals surface area contributed by atoms with Gasteiger partial charge in [0.15, 0.2) is 5.03 Å². The lowest BCUT2D eigenvalue weighted by molar-refractivity contribution is -0.485. The Morgan fingerprint density at radius 1 is 1.28 bits per heavy atom. The molecule has 11 heteroatoms. The summed E-state index contributed by atoms with van der Waals surface area (Å²) in [4.78, 5) is 10.3. The highest BCUT2D eigenvalue weighted by Gasteiger charge is 2.11. The van der Waals surface area contributed by atoms with E-state index in [1.54, 1.807) is 23.0 Å². The van der Waals surface area contributed by atoms with E-state index in [-0.39, 0.29) is 0 Å². The second-order valence-corrected chi connectivity index (χ2v) is 6.67. The summed E-state index contributed by atoms with van der Waals surface area (Å²) in [5, 5.41) is 21.9. The van der Waals surface area contributed by atoms with Crippen LogP contribution in [0.4, 0.5) is 0 Å². The zero-order chi connectivity index (χ0) is 20.8. The van der Waals surface area contributed by atoms with Gasteiger partial charge in [0.25, 0.3) is 5.96 Å². The molecule has 2 aromatic carbocycles. The number of aromatic nitrogens is 2. The number of guanidine groups is 1. The number of nitrogens with two attached hydrogens (primary N) is 1. The van der Waals surface area contributed by atoms with Crippen LogP contribution < -0.4 is 11.2 Å². The van der Waals surface area contributed by atoms with Gasteiger partial charge in [0.2, 0.25) is 0 Å². The second kappa shape index (κ2) is 9.18. The normalized spacial score (nSPS) is 11.7. The van der Waals surface area contributed by atoms with E-state index in [4.69, 9.17) is 28.9 Å². The van der Waals surface area contributed by atoms with Crippen LogP contribution in [0.3, 0.4) is 0 Å². The number of nitro groups is 1. The zero-order valence-electron chi connectivity index (χ0n) is 14.9. The fourth-order valence-electron chi connectivity index (χ4n) is 2.54. The third-order valence-electron chi connectivity index (χ3n) is 3.76. The number of rotatable bonds is 6. The highest BCUT2D eigenvalue weighted by Crippen LogP contribution is 2.24. The summed E-state index contributed by atoms with van der Waals surface area (Å²) in [6.07, 6.45) is 3.23. The summed E-state index contributed by atoms with van der Waals surface area (Å²) in [5.74, 6) is -0.437. The van der Waals surface area contributed by atoms with Crippen LogP contribution in [0.1, 0.15) is 11.1 Å². The second-order valence-electron chi connectivity index (χ2n) is 5.83. The number of hydrazone groups is 2. The van der Waals surface area contributed by atoms with Gasteiger partial charge in [-0.3, -0.25) is 4.68 Å². The molecule has 0 atom stereocenters. The first-order valence-corrected chi connectivity index (χ1v) is 9.02. The Hall–Kier alpha value is -3.43. The fourth-order valence-corrected chi connectivity index (χ4v) is 3.00. The van der Waals surface area contributed by atoms with Crippen molar-refractivity contribution in [1.29, 1.82) is 0 Å². The lowest BCUT2D eigenvalue weighted by Gasteiger charge is -2.05. The van der Waals surface area contributed by atoms with E-state index in [1.807, 2.05) is 36.4 Å². The van der Waals surface area contributed by atoms with E-state index in [2.05, 4.69) is 20.7 Å². The van der Waals surface area contributed by atoms with Crippen LogP contribution in [-0.2, 0) is 6.54 Å². The first kappa shape index (κ1) is 20.3. The summed E-state index contributed by atoms with van der Waals surface area (Å²) in [6.45, 7) is 0.419. The Kier molecular flexibility index (Phi) is 6.43. The SMILES string of the molecule is N/C(=N\[N+](=O)[O-])NN=Cc1cn(Cc2ccc(Cl)cc2Cl)nc1-c1ccccc1. The van der Waals surface area contributed by atoms with Crippen molar-refractivity contribution in [3.63, 3.8) is 0 Å². The first-order valence-electron chi connectivity index (χ1n) is 8.26. The Morgan fingerprint density at radius 2 is 2.03 bits per heavy atom. The summed E-state index contributed by atoms with van der Waals surface area (Å²) in [7, 11) is 0. The molecule has 0 fully saturated rings. The van der Waals surface area contributed by atoms with E-state index in [9.17, 15) is 10.1 Å². The molecule has 3 rings (SSSR count). The van der Waals surface area contributed by atoms with Gasteiger partial charge < -0.3 is 5.73 Å². The van der Waals surface area contributed by atoms with Gasteiger partial charge in [-0.15, -0.1) is 0 Å². The minimum atomic E-state index is -0.916. The van der Waals surface area contributed by atoms with Gasteiger partial charge in [-0.2, -0.15) is 10.2 Å². The molecule has 3 aromatic rings. The molecule has 1 aromatic heterocycles. The standard InChI is InChI=1S/C18H15Cl2N7O2/c19-15-7-6-13(16(20)8-15)10-26-11-14(9-22-23-18(21)25-27(28)29)17(24-26)12-4-2-1-3-5-12/h1-9,11H,10H2,(H3,21,23,25). The molecule has 3 N–H and O–H groups in total. The molecule has 0 aliphatic rings. The molecule has 148 valence electrons. The van der Waals surface area contributed by atoms with Crippen molar-refractivity contribution in [3.05, 3.63) is 86.0 Å². The third-order valence-corrected chi connectivity index (χ3v) is 4.34. The topological polar surface area (TPSA) is 124 Å². The maximum atomic E-state index is 10.3. The molecule has 0 saturated heterocycles. The van der Waals surface area contributed by atoms with Gasteiger partial charge in [-0.1, -0.05) is 59.6 Å². The van der Waals surface area contributed by atoms with Crippen molar-refractivity contribution in [2.45, 2.75) is 6.54 Å². The molecular weight excluding hydrogens is 417 g/mol. The number of nitrogens with one attached hydrogen (secondary N) is 1. The zero-order valence-corrected chi connectivity index (χ0v) is 16.4.